The summed E-state index contributed by atoms with van der Waals surface area (Å²) in [6.07, 6.45) is 6.84. The van der Waals surface area contributed by atoms with Gasteiger partial charge in [-0.3, -0.25) is 4.68 Å². The van der Waals surface area contributed by atoms with Crippen molar-refractivity contribution in [3.63, 3.8) is 0 Å². The number of rotatable bonds is 5. The molecule has 21 heavy (non-hydrogen) atoms. The molecule has 0 aliphatic carbocycles. The van der Waals surface area contributed by atoms with Crippen molar-refractivity contribution < 1.29 is 2.74 Å². The summed E-state index contributed by atoms with van der Waals surface area (Å²) in [5.74, 6) is 0.898. The van der Waals surface area contributed by atoms with Gasteiger partial charge in [-0.05, 0) is 26.8 Å². The summed E-state index contributed by atoms with van der Waals surface area (Å²) < 4.78 is 18.6. The van der Waals surface area contributed by atoms with Crippen LogP contribution in [0.15, 0.2) is 31.0 Å². The Hall–Kier alpha value is -2.37. The Morgan fingerprint density at radius 2 is 1.95 bits per heavy atom. The smallest absolute Gasteiger partial charge is 0.156 e. The fourth-order valence-electron chi connectivity index (χ4n) is 2.44. The average Bonchev–Trinajstić information content (AvgIpc) is 3.15. The van der Waals surface area contributed by atoms with Gasteiger partial charge in [-0.15, -0.1) is 0 Å². The molecule has 0 spiro atoms. The Bertz CT molecular complexity index is 813. The summed E-state index contributed by atoms with van der Waals surface area (Å²) in [5.41, 5.74) is 2.72. The Balaban J connectivity index is 2.07. The molecule has 110 valence electrons. The first kappa shape index (κ1) is 11.3. The third-order valence-electron chi connectivity index (χ3n) is 3.59. The molecule has 3 rings (SSSR count). The van der Waals surface area contributed by atoms with E-state index in [1.807, 2.05) is 12.3 Å². The molecule has 3 heterocycles. The van der Waals surface area contributed by atoms with Crippen LogP contribution in [-0.2, 0) is 6.50 Å². The molecule has 0 atom stereocenters. The predicted octanol–water partition coefficient (Wildman–Crippen LogP) is 2.46. The van der Waals surface area contributed by atoms with Crippen LogP contribution in [-0.4, -0.2) is 37.5 Å². The number of nitrogens with zero attached hydrogens (tertiary/aromatic N) is 6. The van der Waals surface area contributed by atoms with E-state index in [4.69, 9.17) is 2.74 Å². The van der Waals surface area contributed by atoms with Crippen LogP contribution in [0, 0.1) is 0 Å². The molecule has 6 nitrogen and oxygen atoms in total. The Morgan fingerprint density at radius 1 is 1.14 bits per heavy atom. The molecule has 3 aromatic heterocycles. The first-order chi connectivity index (χ1) is 10.9. The lowest BCUT2D eigenvalue weighted by Crippen LogP contribution is -2.23. The van der Waals surface area contributed by atoms with Crippen molar-refractivity contribution in [1.29, 1.82) is 0 Å². The summed E-state index contributed by atoms with van der Waals surface area (Å²) in [6, 6.07) is 2.01. The quantitative estimate of drug-likeness (QED) is 0.723. The molecule has 0 aromatic carbocycles. The highest BCUT2D eigenvalue weighted by Gasteiger charge is 2.12. The van der Waals surface area contributed by atoms with E-state index in [1.54, 1.807) is 23.2 Å². The van der Waals surface area contributed by atoms with Crippen molar-refractivity contribution in [2.75, 3.05) is 18.0 Å². The Morgan fingerprint density at radius 3 is 2.62 bits per heavy atom. The van der Waals surface area contributed by atoms with Gasteiger partial charge in [-0.1, -0.05) is 0 Å². The van der Waals surface area contributed by atoms with Crippen molar-refractivity contribution in [2.24, 2.45) is 0 Å². The molecule has 0 N–H and O–H groups in total. The minimum atomic E-state index is -1.52. The lowest BCUT2D eigenvalue weighted by Gasteiger charge is -2.19. The van der Waals surface area contributed by atoms with Crippen LogP contribution in [0.25, 0.3) is 16.6 Å². The van der Waals surface area contributed by atoms with Gasteiger partial charge in [0, 0.05) is 43.1 Å². The molecule has 0 saturated heterocycles. The molecule has 0 unspecified atom stereocenters. The second kappa shape index (κ2) is 5.55. The maximum Gasteiger partial charge on any atom is 0.156 e. The SMILES string of the molecule is [2H]C([2H])(C)n1cc(-c2cc3c(N(CC)CC)ncnn3c2)cn1. The molecule has 0 bridgehead atoms. The van der Waals surface area contributed by atoms with Gasteiger partial charge >= 0.3 is 0 Å². The minimum Gasteiger partial charge on any atom is -0.355 e. The minimum absolute atomic E-state index is 0.853. The van der Waals surface area contributed by atoms with Crippen LogP contribution >= 0.6 is 0 Å². The van der Waals surface area contributed by atoms with Crippen molar-refractivity contribution in [1.82, 2.24) is 24.4 Å². The first-order valence-corrected chi connectivity index (χ1v) is 7.08. The summed E-state index contributed by atoms with van der Waals surface area (Å²) >= 11 is 0. The van der Waals surface area contributed by atoms with E-state index >= 15 is 0 Å². The van der Waals surface area contributed by atoms with E-state index in [2.05, 4.69) is 33.9 Å². The van der Waals surface area contributed by atoms with Gasteiger partial charge in [0.1, 0.15) is 11.8 Å². The van der Waals surface area contributed by atoms with Gasteiger partial charge in [-0.2, -0.15) is 10.2 Å². The number of hydrogen-bond donors (Lipinski definition) is 0. The van der Waals surface area contributed by atoms with E-state index in [-0.39, 0.29) is 0 Å². The zero-order valence-corrected chi connectivity index (χ0v) is 12.5. The fourth-order valence-corrected chi connectivity index (χ4v) is 2.44. The average molecular weight is 286 g/mol. The number of fused-ring (bicyclic) bond motifs is 1. The van der Waals surface area contributed by atoms with Crippen molar-refractivity contribution >= 4 is 11.3 Å². The van der Waals surface area contributed by atoms with Gasteiger partial charge in [0.05, 0.1) is 8.94 Å². The summed E-state index contributed by atoms with van der Waals surface area (Å²) in [6.45, 7) is 5.89. The van der Waals surface area contributed by atoms with Crippen molar-refractivity contribution in [3.8, 4) is 11.1 Å². The van der Waals surface area contributed by atoms with Gasteiger partial charge < -0.3 is 4.90 Å². The fraction of sp³-hybridized carbons (Fsp3) is 0.400. The van der Waals surface area contributed by atoms with E-state index < -0.39 is 6.50 Å². The summed E-state index contributed by atoms with van der Waals surface area (Å²) in [7, 11) is 0. The topological polar surface area (TPSA) is 51.2 Å². The third-order valence-corrected chi connectivity index (χ3v) is 3.59. The molecular weight excluding hydrogens is 264 g/mol. The van der Waals surface area contributed by atoms with E-state index in [1.165, 1.54) is 11.6 Å². The van der Waals surface area contributed by atoms with Gasteiger partial charge in [0.2, 0.25) is 0 Å². The highest BCUT2D eigenvalue weighted by molar-refractivity contribution is 5.77. The first-order valence-electron chi connectivity index (χ1n) is 8.08. The second-order valence-electron chi connectivity index (χ2n) is 4.71. The van der Waals surface area contributed by atoms with E-state index in [0.717, 1.165) is 35.6 Å². The number of hydrogen-bond acceptors (Lipinski definition) is 4. The Labute approximate surface area is 126 Å². The van der Waals surface area contributed by atoms with Gasteiger partial charge in [-0.25, -0.2) is 9.50 Å². The van der Waals surface area contributed by atoms with Crippen LogP contribution in [0.3, 0.4) is 0 Å². The standard InChI is InChI=1S/C15H20N6/c1-4-19(5-2)15-14-7-12(10-21(14)18-11-16-15)13-8-17-20(6-3)9-13/h7-11H,4-6H2,1-3H3/i6D2. The van der Waals surface area contributed by atoms with Crippen LogP contribution in [0.5, 0.6) is 0 Å². The lowest BCUT2D eigenvalue weighted by atomic mass is 10.2. The molecule has 0 fully saturated rings. The maximum atomic E-state index is 7.73. The monoisotopic (exact) mass is 286 g/mol. The van der Waals surface area contributed by atoms with Crippen LogP contribution in [0.1, 0.15) is 23.5 Å². The van der Waals surface area contributed by atoms with Crippen LogP contribution < -0.4 is 4.90 Å². The lowest BCUT2D eigenvalue weighted by molar-refractivity contribution is 0.660. The molecular formula is C15H20N6. The predicted molar refractivity (Wildman–Crippen MR) is 83.4 cm³/mol. The van der Waals surface area contributed by atoms with E-state index in [9.17, 15) is 0 Å². The van der Waals surface area contributed by atoms with Crippen LogP contribution in [0.2, 0.25) is 0 Å². The van der Waals surface area contributed by atoms with Crippen LogP contribution in [0.4, 0.5) is 5.82 Å². The molecule has 0 saturated carbocycles. The van der Waals surface area contributed by atoms with Gasteiger partial charge in [0.15, 0.2) is 5.82 Å². The molecule has 0 aliphatic rings. The maximum absolute atomic E-state index is 7.73. The zero-order valence-electron chi connectivity index (χ0n) is 14.5. The largest absolute Gasteiger partial charge is 0.355 e. The summed E-state index contributed by atoms with van der Waals surface area (Å²) in [5, 5.41) is 8.38. The molecule has 6 heteroatoms. The highest BCUT2D eigenvalue weighted by Crippen LogP contribution is 2.26. The normalized spacial score (nSPS) is 13.3. The van der Waals surface area contributed by atoms with Crippen molar-refractivity contribution in [3.05, 3.63) is 31.0 Å². The second-order valence-corrected chi connectivity index (χ2v) is 4.71. The molecule has 0 radical (unpaired) electrons. The summed E-state index contributed by atoms with van der Waals surface area (Å²) in [4.78, 5) is 6.59. The molecule has 0 amide bonds. The van der Waals surface area contributed by atoms with Gasteiger partial charge in [0.25, 0.3) is 0 Å². The number of aryl methyl sites for hydroxylation is 1. The van der Waals surface area contributed by atoms with Crippen molar-refractivity contribution in [2.45, 2.75) is 27.3 Å². The Kier molecular flexibility index (Phi) is 2.99. The molecule has 3 aromatic rings. The van der Waals surface area contributed by atoms with E-state index in [0.29, 0.717) is 0 Å². The highest BCUT2D eigenvalue weighted by atomic mass is 15.3. The third kappa shape index (κ3) is 2.37. The zero-order chi connectivity index (χ0) is 16.6. The number of anilines is 1. The molecule has 0 aliphatic heterocycles. The number of aromatic nitrogens is 5.